The van der Waals surface area contributed by atoms with E-state index in [9.17, 15) is 4.79 Å². The minimum Gasteiger partial charge on any atom is -0.493 e. The summed E-state index contributed by atoms with van der Waals surface area (Å²) in [5.41, 5.74) is 1.79. The number of aromatic nitrogens is 1. The van der Waals surface area contributed by atoms with Crippen molar-refractivity contribution in [1.82, 2.24) is 9.47 Å². The van der Waals surface area contributed by atoms with E-state index in [-0.39, 0.29) is 5.91 Å². The van der Waals surface area contributed by atoms with Gasteiger partial charge in [0.05, 0.1) is 19.9 Å². The first kappa shape index (κ1) is 17.1. The Kier molecular flexibility index (Phi) is 5.09. The fourth-order valence-electron chi connectivity index (χ4n) is 2.74. The maximum absolute atomic E-state index is 12.9. The minimum atomic E-state index is -0.0245. The molecule has 0 saturated heterocycles. The van der Waals surface area contributed by atoms with Gasteiger partial charge in [-0.2, -0.15) is 0 Å². The topological polar surface area (TPSA) is 43.7 Å². The van der Waals surface area contributed by atoms with Crippen molar-refractivity contribution in [2.24, 2.45) is 0 Å². The normalized spacial score (nSPS) is 10.5. The standard InChI is InChI=1S/C19H20N2O3S/c1-20(13-14-7-6-8-16(23-2)17(14)24-3)19(22)18-15(9-12-25-18)21-10-4-5-11-21/h4-12H,13H2,1-3H3. The molecular formula is C19H20N2O3S. The van der Waals surface area contributed by atoms with Gasteiger partial charge in [-0.15, -0.1) is 11.3 Å². The number of hydrogen-bond donors (Lipinski definition) is 0. The van der Waals surface area contributed by atoms with Crippen LogP contribution >= 0.6 is 11.3 Å². The molecule has 0 fully saturated rings. The van der Waals surface area contributed by atoms with Gasteiger partial charge in [-0.25, -0.2) is 0 Å². The van der Waals surface area contributed by atoms with Crippen LogP contribution in [0.5, 0.6) is 11.5 Å². The summed E-state index contributed by atoms with van der Waals surface area (Å²) < 4.78 is 12.7. The first-order chi connectivity index (χ1) is 12.2. The minimum absolute atomic E-state index is 0.0245. The number of ether oxygens (including phenoxy) is 2. The van der Waals surface area contributed by atoms with Gasteiger partial charge < -0.3 is 18.9 Å². The van der Waals surface area contributed by atoms with E-state index in [1.807, 2.05) is 58.7 Å². The van der Waals surface area contributed by atoms with Gasteiger partial charge in [0, 0.05) is 31.5 Å². The van der Waals surface area contributed by atoms with Gasteiger partial charge in [-0.1, -0.05) is 12.1 Å². The third kappa shape index (κ3) is 3.39. The second-order valence-corrected chi connectivity index (χ2v) is 6.46. The lowest BCUT2D eigenvalue weighted by Crippen LogP contribution is -2.26. The Morgan fingerprint density at radius 2 is 1.88 bits per heavy atom. The quantitative estimate of drug-likeness (QED) is 0.674. The van der Waals surface area contributed by atoms with Crippen molar-refractivity contribution in [3.8, 4) is 17.2 Å². The first-order valence-electron chi connectivity index (χ1n) is 7.82. The lowest BCUT2D eigenvalue weighted by Gasteiger charge is -2.20. The first-order valence-corrected chi connectivity index (χ1v) is 8.69. The Morgan fingerprint density at radius 3 is 2.56 bits per heavy atom. The van der Waals surface area contributed by atoms with Gasteiger partial charge in [0.2, 0.25) is 0 Å². The third-order valence-corrected chi connectivity index (χ3v) is 4.85. The van der Waals surface area contributed by atoms with Crippen LogP contribution in [0.25, 0.3) is 5.69 Å². The summed E-state index contributed by atoms with van der Waals surface area (Å²) in [6, 6.07) is 11.5. The fraction of sp³-hybridized carbons (Fsp3) is 0.211. The monoisotopic (exact) mass is 356 g/mol. The molecule has 0 aliphatic heterocycles. The Morgan fingerprint density at radius 1 is 1.12 bits per heavy atom. The van der Waals surface area contributed by atoms with Gasteiger partial charge in [0.15, 0.2) is 11.5 Å². The summed E-state index contributed by atoms with van der Waals surface area (Å²) in [4.78, 5) is 15.3. The SMILES string of the molecule is COc1cccc(CN(C)C(=O)c2sccc2-n2cccc2)c1OC. The van der Waals surface area contributed by atoms with Crippen LogP contribution in [0.3, 0.4) is 0 Å². The number of methoxy groups -OCH3 is 2. The smallest absolute Gasteiger partial charge is 0.266 e. The molecule has 3 aromatic rings. The number of para-hydroxylation sites is 1. The summed E-state index contributed by atoms with van der Waals surface area (Å²) in [5.74, 6) is 1.29. The van der Waals surface area contributed by atoms with Gasteiger partial charge in [-0.3, -0.25) is 4.79 Å². The van der Waals surface area contributed by atoms with Gasteiger partial charge in [0.25, 0.3) is 5.91 Å². The van der Waals surface area contributed by atoms with Crippen LogP contribution in [0.15, 0.2) is 54.2 Å². The molecule has 0 saturated carbocycles. The van der Waals surface area contributed by atoms with Gasteiger partial charge in [-0.05, 0) is 29.6 Å². The van der Waals surface area contributed by atoms with Crippen molar-refractivity contribution in [2.75, 3.05) is 21.3 Å². The van der Waals surface area contributed by atoms with Crippen molar-refractivity contribution in [2.45, 2.75) is 6.54 Å². The highest BCUT2D eigenvalue weighted by atomic mass is 32.1. The number of benzene rings is 1. The fourth-order valence-corrected chi connectivity index (χ4v) is 3.62. The van der Waals surface area contributed by atoms with Crippen LogP contribution < -0.4 is 9.47 Å². The highest BCUT2D eigenvalue weighted by molar-refractivity contribution is 7.12. The molecule has 1 amide bonds. The molecule has 0 spiro atoms. The average molecular weight is 356 g/mol. The zero-order chi connectivity index (χ0) is 17.8. The van der Waals surface area contributed by atoms with E-state index in [1.54, 1.807) is 26.2 Å². The molecule has 0 atom stereocenters. The van der Waals surface area contributed by atoms with Crippen molar-refractivity contribution in [3.05, 3.63) is 64.6 Å². The average Bonchev–Trinajstić information content (AvgIpc) is 3.31. The van der Waals surface area contributed by atoms with Crippen molar-refractivity contribution in [1.29, 1.82) is 0 Å². The molecule has 2 heterocycles. The van der Waals surface area contributed by atoms with E-state index >= 15 is 0 Å². The predicted molar refractivity (Wildman–Crippen MR) is 99.0 cm³/mol. The van der Waals surface area contributed by atoms with Crippen molar-refractivity contribution in [3.63, 3.8) is 0 Å². The molecule has 25 heavy (non-hydrogen) atoms. The van der Waals surface area contributed by atoms with E-state index in [0.717, 1.165) is 11.3 Å². The van der Waals surface area contributed by atoms with E-state index < -0.39 is 0 Å². The summed E-state index contributed by atoms with van der Waals surface area (Å²) in [5, 5.41) is 1.93. The van der Waals surface area contributed by atoms with E-state index in [0.29, 0.717) is 22.9 Å². The summed E-state index contributed by atoms with van der Waals surface area (Å²) in [6.07, 6.45) is 3.87. The molecule has 0 aliphatic rings. The van der Waals surface area contributed by atoms with E-state index in [1.165, 1.54) is 11.3 Å². The molecule has 2 aromatic heterocycles. The molecule has 5 nitrogen and oxygen atoms in total. The predicted octanol–water partition coefficient (Wildman–Crippen LogP) is 3.83. The number of hydrogen-bond acceptors (Lipinski definition) is 4. The number of thiophene rings is 1. The number of rotatable bonds is 6. The lowest BCUT2D eigenvalue weighted by atomic mass is 10.1. The van der Waals surface area contributed by atoms with Crippen LogP contribution in [0.2, 0.25) is 0 Å². The Bertz CT molecular complexity index is 855. The van der Waals surface area contributed by atoms with Crippen LogP contribution in [0.1, 0.15) is 15.2 Å². The number of nitrogens with zero attached hydrogens (tertiary/aromatic N) is 2. The van der Waals surface area contributed by atoms with Crippen molar-refractivity contribution >= 4 is 17.2 Å². The molecule has 0 bridgehead atoms. The van der Waals surface area contributed by atoms with E-state index in [2.05, 4.69) is 0 Å². The molecule has 130 valence electrons. The van der Waals surface area contributed by atoms with Crippen LogP contribution in [0.4, 0.5) is 0 Å². The van der Waals surface area contributed by atoms with Crippen molar-refractivity contribution < 1.29 is 14.3 Å². The van der Waals surface area contributed by atoms with Gasteiger partial charge >= 0.3 is 0 Å². The van der Waals surface area contributed by atoms with Crippen LogP contribution in [0, 0.1) is 0 Å². The Labute approximate surface area is 151 Å². The largest absolute Gasteiger partial charge is 0.493 e. The maximum atomic E-state index is 12.9. The molecule has 0 radical (unpaired) electrons. The Balaban J connectivity index is 1.84. The molecular weight excluding hydrogens is 336 g/mol. The zero-order valence-corrected chi connectivity index (χ0v) is 15.2. The van der Waals surface area contributed by atoms with Crippen LogP contribution in [-0.2, 0) is 6.54 Å². The molecule has 0 unspecified atom stereocenters. The summed E-state index contributed by atoms with van der Waals surface area (Å²) in [7, 11) is 5.00. The molecule has 1 aromatic carbocycles. The van der Waals surface area contributed by atoms with E-state index in [4.69, 9.17) is 9.47 Å². The highest BCUT2D eigenvalue weighted by Crippen LogP contribution is 2.32. The maximum Gasteiger partial charge on any atom is 0.266 e. The summed E-state index contributed by atoms with van der Waals surface area (Å²) in [6.45, 7) is 0.433. The molecule has 0 aliphatic carbocycles. The molecule has 3 rings (SSSR count). The molecule has 6 heteroatoms. The highest BCUT2D eigenvalue weighted by Gasteiger charge is 2.20. The third-order valence-electron chi connectivity index (χ3n) is 3.96. The summed E-state index contributed by atoms with van der Waals surface area (Å²) >= 11 is 1.44. The number of amides is 1. The second kappa shape index (κ2) is 7.44. The zero-order valence-electron chi connectivity index (χ0n) is 14.4. The number of carbonyl (C=O) groups is 1. The lowest BCUT2D eigenvalue weighted by molar-refractivity contribution is 0.0789. The second-order valence-electron chi connectivity index (χ2n) is 5.54. The molecule has 0 N–H and O–H groups in total. The number of carbonyl (C=O) groups excluding carboxylic acids is 1. The van der Waals surface area contributed by atoms with Gasteiger partial charge in [0.1, 0.15) is 4.88 Å². The Hall–Kier alpha value is -2.73. The van der Waals surface area contributed by atoms with Crippen LogP contribution in [-0.4, -0.2) is 36.6 Å².